The Balaban J connectivity index is 4.29. The highest BCUT2D eigenvalue weighted by Gasteiger charge is 2.10. The van der Waals surface area contributed by atoms with Crippen molar-refractivity contribution < 1.29 is 9.63 Å². The molecule has 0 rings (SSSR count). The third kappa shape index (κ3) is 4.11. The molecule has 0 saturated heterocycles. The topological polar surface area (TPSA) is 38.7 Å². The number of rotatable bonds is 3. The van der Waals surface area contributed by atoms with Crippen molar-refractivity contribution in [2.75, 3.05) is 0 Å². The second-order valence-electron chi connectivity index (χ2n) is 3.41. The first-order valence-corrected chi connectivity index (χ1v) is 4.20. The van der Waals surface area contributed by atoms with Gasteiger partial charge in [0.15, 0.2) is 0 Å². The molecule has 12 heavy (non-hydrogen) atoms. The third-order valence-corrected chi connectivity index (χ3v) is 1.46. The van der Waals surface area contributed by atoms with Crippen LogP contribution in [0.2, 0.25) is 0 Å². The minimum absolute atomic E-state index is 0.323. The molecular formula is C9H17NO2. The highest BCUT2D eigenvalue weighted by molar-refractivity contribution is 5.87. The lowest BCUT2D eigenvalue weighted by atomic mass is 9.98. The summed E-state index contributed by atoms with van der Waals surface area (Å²) < 4.78 is 0. The zero-order chi connectivity index (χ0) is 9.72. The molecule has 0 spiro atoms. The average molecular weight is 171 g/mol. The van der Waals surface area contributed by atoms with Gasteiger partial charge in [0.1, 0.15) is 0 Å². The van der Waals surface area contributed by atoms with E-state index in [0.29, 0.717) is 11.8 Å². The number of carbonyl (C=O) groups is 1. The van der Waals surface area contributed by atoms with E-state index in [-0.39, 0.29) is 5.97 Å². The molecule has 0 amide bonds. The first kappa shape index (κ1) is 11.1. The lowest BCUT2D eigenvalue weighted by molar-refractivity contribution is -0.141. The van der Waals surface area contributed by atoms with Crippen LogP contribution in [0.5, 0.6) is 0 Å². The molecule has 0 heterocycles. The fourth-order valence-electron chi connectivity index (χ4n) is 0.994. The van der Waals surface area contributed by atoms with E-state index in [4.69, 9.17) is 0 Å². The van der Waals surface area contributed by atoms with Crippen LogP contribution in [0.25, 0.3) is 0 Å². The normalized spacial score (nSPS) is 10.2. The molecule has 0 saturated carbocycles. The van der Waals surface area contributed by atoms with Crippen LogP contribution >= 0.6 is 0 Å². The minimum atomic E-state index is -0.367. The molecule has 0 fully saturated rings. The van der Waals surface area contributed by atoms with Crippen molar-refractivity contribution in [1.82, 2.24) is 0 Å². The zero-order valence-electron chi connectivity index (χ0n) is 8.42. The van der Waals surface area contributed by atoms with E-state index < -0.39 is 0 Å². The van der Waals surface area contributed by atoms with E-state index in [9.17, 15) is 4.79 Å². The third-order valence-electron chi connectivity index (χ3n) is 1.46. The van der Waals surface area contributed by atoms with Gasteiger partial charge in [0.2, 0.25) is 0 Å². The van der Waals surface area contributed by atoms with Gasteiger partial charge in [-0.3, -0.25) is 0 Å². The van der Waals surface area contributed by atoms with Crippen LogP contribution in [0.4, 0.5) is 0 Å². The molecule has 0 atom stereocenters. The monoisotopic (exact) mass is 171 g/mol. The maximum atomic E-state index is 10.5. The number of hydrogen-bond donors (Lipinski definition) is 0. The predicted octanol–water partition coefficient (Wildman–Crippen LogP) is 2.22. The fraction of sp³-hybridized carbons (Fsp3) is 0.778. The van der Waals surface area contributed by atoms with Gasteiger partial charge < -0.3 is 4.84 Å². The fourth-order valence-corrected chi connectivity index (χ4v) is 0.994. The van der Waals surface area contributed by atoms with Gasteiger partial charge in [0.25, 0.3) is 0 Å². The van der Waals surface area contributed by atoms with Gasteiger partial charge in [-0.2, -0.15) is 0 Å². The van der Waals surface area contributed by atoms with E-state index in [2.05, 4.69) is 9.99 Å². The maximum absolute atomic E-state index is 10.5. The van der Waals surface area contributed by atoms with Gasteiger partial charge in [0.05, 0.1) is 5.71 Å². The van der Waals surface area contributed by atoms with E-state index in [1.165, 1.54) is 6.92 Å². The first-order valence-electron chi connectivity index (χ1n) is 4.20. The Kier molecular flexibility index (Phi) is 4.55. The first-order chi connectivity index (χ1) is 5.45. The Morgan fingerprint density at radius 2 is 1.58 bits per heavy atom. The van der Waals surface area contributed by atoms with Crippen molar-refractivity contribution in [2.45, 2.75) is 34.6 Å². The van der Waals surface area contributed by atoms with Crippen molar-refractivity contribution in [3.05, 3.63) is 0 Å². The number of nitrogens with zero attached hydrogens (tertiary/aromatic N) is 1. The van der Waals surface area contributed by atoms with Gasteiger partial charge in [-0.1, -0.05) is 32.9 Å². The molecule has 0 radical (unpaired) electrons. The summed E-state index contributed by atoms with van der Waals surface area (Å²) in [6.45, 7) is 9.47. The second kappa shape index (κ2) is 4.91. The summed E-state index contributed by atoms with van der Waals surface area (Å²) in [4.78, 5) is 15.0. The molecule has 0 aromatic carbocycles. The Hall–Kier alpha value is -0.860. The van der Waals surface area contributed by atoms with Crippen LogP contribution in [0.1, 0.15) is 34.6 Å². The minimum Gasteiger partial charge on any atom is -0.319 e. The smallest absolute Gasteiger partial charge is 0.319 e. The molecule has 0 N–H and O–H groups in total. The number of oxime groups is 1. The summed E-state index contributed by atoms with van der Waals surface area (Å²) >= 11 is 0. The largest absolute Gasteiger partial charge is 0.331 e. The van der Waals surface area contributed by atoms with E-state index in [0.717, 1.165) is 5.71 Å². The Bertz CT molecular complexity index is 173. The lowest BCUT2D eigenvalue weighted by Gasteiger charge is -2.11. The Labute approximate surface area is 73.8 Å². The number of hydrogen-bond acceptors (Lipinski definition) is 3. The number of carbonyl (C=O) groups excluding carboxylic acids is 1. The molecule has 0 unspecified atom stereocenters. The average Bonchev–Trinajstić information content (AvgIpc) is 1.84. The van der Waals surface area contributed by atoms with Crippen LogP contribution in [0.3, 0.4) is 0 Å². The summed E-state index contributed by atoms with van der Waals surface area (Å²) in [7, 11) is 0. The van der Waals surface area contributed by atoms with Crippen molar-refractivity contribution in [2.24, 2.45) is 17.0 Å². The zero-order valence-corrected chi connectivity index (χ0v) is 8.42. The van der Waals surface area contributed by atoms with Crippen molar-refractivity contribution in [3.8, 4) is 0 Å². The molecule has 3 nitrogen and oxygen atoms in total. The van der Waals surface area contributed by atoms with E-state index in [1.807, 2.05) is 27.7 Å². The summed E-state index contributed by atoms with van der Waals surface area (Å²) in [5, 5.41) is 3.79. The van der Waals surface area contributed by atoms with E-state index >= 15 is 0 Å². The lowest BCUT2D eigenvalue weighted by Crippen LogP contribution is -2.16. The molecule has 0 aliphatic rings. The van der Waals surface area contributed by atoms with Crippen LogP contribution in [0.15, 0.2) is 5.16 Å². The molecule has 0 bridgehead atoms. The van der Waals surface area contributed by atoms with Crippen LogP contribution in [-0.4, -0.2) is 11.7 Å². The molecule has 0 aliphatic heterocycles. The standard InChI is InChI=1S/C9H17NO2/c1-6(2)9(7(3)4)10-12-8(5)11/h6-7H,1-5H3. The summed E-state index contributed by atoms with van der Waals surface area (Å²) in [6, 6.07) is 0. The SMILES string of the molecule is CC(=O)ON=C(C(C)C)C(C)C. The molecule has 3 heteroatoms. The van der Waals surface area contributed by atoms with E-state index in [1.54, 1.807) is 0 Å². The van der Waals surface area contributed by atoms with Gasteiger partial charge in [-0.05, 0) is 11.8 Å². The van der Waals surface area contributed by atoms with Crippen LogP contribution < -0.4 is 0 Å². The predicted molar refractivity (Wildman–Crippen MR) is 48.9 cm³/mol. The van der Waals surface area contributed by atoms with Crippen LogP contribution in [0, 0.1) is 11.8 Å². The summed E-state index contributed by atoms with van der Waals surface area (Å²) in [5.74, 6) is 0.280. The summed E-state index contributed by atoms with van der Waals surface area (Å²) in [6.07, 6.45) is 0. The van der Waals surface area contributed by atoms with Gasteiger partial charge >= 0.3 is 5.97 Å². The molecule has 0 aromatic rings. The van der Waals surface area contributed by atoms with Crippen molar-refractivity contribution in [3.63, 3.8) is 0 Å². The van der Waals surface area contributed by atoms with Crippen LogP contribution in [-0.2, 0) is 9.63 Å². The highest BCUT2D eigenvalue weighted by atomic mass is 16.7. The Morgan fingerprint density at radius 1 is 1.17 bits per heavy atom. The summed E-state index contributed by atoms with van der Waals surface area (Å²) in [5.41, 5.74) is 0.921. The van der Waals surface area contributed by atoms with Crippen molar-refractivity contribution >= 4 is 11.7 Å². The molecule has 70 valence electrons. The quantitative estimate of drug-likeness (QED) is 0.371. The van der Waals surface area contributed by atoms with Gasteiger partial charge in [-0.15, -0.1) is 0 Å². The molecule has 0 aromatic heterocycles. The molecule has 0 aliphatic carbocycles. The highest BCUT2D eigenvalue weighted by Crippen LogP contribution is 2.08. The molecular weight excluding hydrogens is 154 g/mol. The maximum Gasteiger partial charge on any atom is 0.331 e. The second-order valence-corrected chi connectivity index (χ2v) is 3.41. The van der Waals surface area contributed by atoms with Gasteiger partial charge in [-0.25, -0.2) is 4.79 Å². The van der Waals surface area contributed by atoms with Crippen molar-refractivity contribution in [1.29, 1.82) is 0 Å². The Morgan fingerprint density at radius 3 is 1.83 bits per heavy atom. The van der Waals surface area contributed by atoms with Gasteiger partial charge in [0, 0.05) is 6.92 Å².